The Labute approximate surface area is 112 Å². The highest BCUT2D eigenvalue weighted by Gasteiger charge is 2.49. The number of halogens is 1. The maximum absolute atomic E-state index is 6.38. The Morgan fingerprint density at radius 3 is 2.71 bits per heavy atom. The smallest absolute Gasteiger partial charge is 0.124 e. The molecule has 3 heteroatoms. The third-order valence-electron chi connectivity index (χ3n) is 3.65. The van der Waals surface area contributed by atoms with E-state index in [-0.39, 0.29) is 6.04 Å². The molecule has 1 aromatic carbocycles. The molecule has 94 valence electrons. The summed E-state index contributed by atoms with van der Waals surface area (Å²) < 4.78 is 6.72. The first-order valence-corrected chi connectivity index (χ1v) is 6.93. The van der Waals surface area contributed by atoms with E-state index in [1.807, 2.05) is 19.1 Å². The molecule has 1 aliphatic carbocycles. The van der Waals surface area contributed by atoms with Crippen LogP contribution in [0.4, 0.5) is 0 Å². The van der Waals surface area contributed by atoms with Crippen molar-refractivity contribution in [1.82, 2.24) is 0 Å². The number of ether oxygens (including phenoxy) is 1. The molecule has 0 aliphatic heterocycles. The van der Waals surface area contributed by atoms with Crippen LogP contribution in [0.25, 0.3) is 0 Å². The van der Waals surface area contributed by atoms with Crippen molar-refractivity contribution in [2.45, 2.75) is 33.2 Å². The molecule has 2 nitrogen and oxygen atoms in total. The molecule has 2 rings (SSSR count). The third-order valence-corrected chi connectivity index (χ3v) is 4.15. The van der Waals surface area contributed by atoms with Gasteiger partial charge < -0.3 is 10.5 Å². The first kappa shape index (κ1) is 12.9. The topological polar surface area (TPSA) is 35.2 Å². The van der Waals surface area contributed by atoms with Gasteiger partial charge in [-0.3, -0.25) is 0 Å². The maximum atomic E-state index is 6.38. The maximum Gasteiger partial charge on any atom is 0.124 e. The zero-order valence-electron chi connectivity index (χ0n) is 10.7. The molecule has 2 atom stereocenters. The molecule has 1 saturated carbocycles. The monoisotopic (exact) mass is 297 g/mol. The second-order valence-corrected chi connectivity index (χ2v) is 6.36. The number of hydrogen-bond acceptors (Lipinski definition) is 2. The molecule has 17 heavy (non-hydrogen) atoms. The van der Waals surface area contributed by atoms with Crippen molar-refractivity contribution in [2.24, 2.45) is 17.1 Å². The summed E-state index contributed by atoms with van der Waals surface area (Å²) in [7, 11) is 0. The Balaban J connectivity index is 2.26. The van der Waals surface area contributed by atoms with Crippen LogP contribution in [0, 0.1) is 11.3 Å². The molecule has 2 N–H and O–H groups in total. The molecule has 0 amide bonds. The average Bonchev–Trinajstić information content (AvgIpc) is 2.90. The van der Waals surface area contributed by atoms with Gasteiger partial charge in [-0.15, -0.1) is 0 Å². The van der Waals surface area contributed by atoms with Crippen molar-refractivity contribution in [3.63, 3.8) is 0 Å². The second-order valence-electron chi connectivity index (χ2n) is 5.44. The Morgan fingerprint density at radius 2 is 2.18 bits per heavy atom. The van der Waals surface area contributed by atoms with Gasteiger partial charge >= 0.3 is 0 Å². The Morgan fingerprint density at radius 1 is 1.53 bits per heavy atom. The summed E-state index contributed by atoms with van der Waals surface area (Å²) in [6.45, 7) is 7.22. The molecule has 0 radical (unpaired) electrons. The lowest BCUT2D eigenvalue weighted by molar-refractivity contribution is 0.331. The van der Waals surface area contributed by atoms with Gasteiger partial charge in [-0.25, -0.2) is 0 Å². The van der Waals surface area contributed by atoms with Crippen LogP contribution in [0.1, 0.15) is 38.8 Å². The predicted octanol–water partition coefficient (Wildman–Crippen LogP) is 3.89. The quantitative estimate of drug-likeness (QED) is 0.915. The van der Waals surface area contributed by atoms with Crippen molar-refractivity contribution < 1.29 is 4.74 Å². The summed E-state index contributed by atoms with van der Waals surface area (Å²) in [6.07, 6.45) is 1.20. The summed E-state index contributed by atoms with van der Waals surface area (Å²) in [5.74, 6) is 1.49. The van der Waals surface area contributed by atoms with E-state index in [1.165, 1.54) is 6.42 Å². The summed E-state index contributed by atoms with van der Waals surface area (Å²) >= 11 is 3.50. The third kappa shape index (κ3) is 2.66. The molecule has 0 saturated heterocycles. The zero-order chi connectivity index (χ0) is 12.6. The van der Waals surface area contributed by atoms with Gasteiger partial charge in [0.05, 0.1) is 6.61 Å². The first-order valence-electron chi connectivity index (χ1n) is 6.13. The molecular weight excluding hydrogens is 278 g/mol. The Hall–Kier alpha value is -0.540. The fourth-order valence-electron chi connectivity index (χ4n) is 2.40. The molecule has 1 aromatic rings. The fourth-order valence-corrected chi connectivity index (χ4v) is 2.78. The average molecular weight is 298 g/mol. The largest absolute Gasteiger partial charge is 0.494 e. The van der Waals surface area contributed by atoms with Gasteiger partial charge in [-0.1, -0.05) is 29.8 Å². The number of benzene rings is 1. The lowest BCUT2D eigenvalue weighted by atomic mass is 9.97. The van der Waals surface area contributed by atoms with E-state index in [9.17, 15) is 0 Å². The number of rotatable bonds is 4. The van der Waals surface area contributed by atoms with Crippen LogP contribution < -0.4 is 10.5 Å². The minimum atomic E-state index is 0.0732. The van der Waals surface area contributed by atoms with Crippen LogP contribution >= 0.6 is 15.9 Å². The van der Waals surface area contributed by atoms with Crippen LogP contribution in [0.5, 0.6) is 5.75 Å². The van der Waals surface area contributed by atoms with Crippen LogP contribution in [-0.2, 0) is 0 Å². The lowest BCUT2D eigenvalue weighted by Gasteiger charge is -2.18. The van der Waals surface area contributed by atoms with Crippen molar-refractivity contribution >= 4 is 15.9 Å². The Bertz CT molecular complexity index is 417. The van der Waals surface area contributed by atoms with Gasteiger partial charge in [-0.2, -0.15) is 0 Å². The molecule has 0 spiro atoms. The SMILES string of the molecule is CCOc1ccc(Br)cc1C(N)C1CC1(C)C. The van der Waals surface area contributed by atoms with E-state index in [2.05, 4.69) is 35.8 Å². The zero-order valence-corrected chi connectivity index (χ0v) is 12.3. The van der Waals surface area contributed by atoms with Crippen LogP contribution in [0.15, 0.2) is 22.7 Å². The highest BCUT2D eigenvalue weighted by atomic mass is 79.9. The molecule has 2 unspecified atom stereocenters. The molecule has 1 fully saturated rings. The van der Waals surface area contributed by atoms with E-state index < -0.39 is 0 Å². The Kier molecular flexibility index (Phi) is 3.50. The summed E-state index contributed by atoms with van der Waals surface area (Å²) in [5, 5.41) is 0. The van der Waals surface area contributed by atoms with E-state index in [4.69, 9.17) is 10.5 Å². The van der Waals surface area contributed by atoms with Gasteiger partial charge in [-0.05, 0) is 42.9 Å². The van der Waals surface area contributed by atoms with Gasteiger partial charge in [0.15, 0.2) is 0 Å². The normalized spacial score (nSPS) is 23.2. The first-order chi connectivity index (χ1) is 7.95. The summed E-state index contributed by atoms with van der Waals surface area (Å²) in [4.78, 5) is 0. The van der Waals surface area contributed by atoms with Crippen molar-refractivity contribution in [3.05, 3.63) is 28.2 Å². The highest BCUT2D eigenvalue weighted by Crippen LogP contribution is 2.57. The summed E-state index contributed by atoms with van der Waals surface area (Å²) in [6, 6.07) is 6.16. The molecule has 0 heterocycles. The van der Waals surface area contributed by atoms with Crippen molar-refractivity contribution in [3.8, 4) is 5.75 Å². The van der Waals surface area contributed by atoms with Crippen molar-refractivity contribution in [1.29, 1.82) is 0 Å². The lowest BCUT2D eigenvalue weighted by Crippen LogP contribution is -2.16. The molecular formula is C14H20BrNO. The minimum Gasteiger partial charge on any atom is -0.494 e. The van der Waals surface area contributed by atoms with Gasteiger partial charge in [0.2, 0.25) is 0 Å². The van der Waals surface area contributed by atoms with E-state index in [0.29, 0.717) is 17.9 Å². The molecule has 0 bridgehead atoms. The van der Waals surface area contributed by atoms with Gasteiger partial charge in [0, 0.05) is 16.1 Å². The van der Waals surface area contributed by atoms with Gasteiger partial charge in [0.1, 0.15) is 5.75 Å². The van der Waals surface area contributed by atoms with Gasteiger partial charge in [0.25, 0.3) is 0 Å². The van der Waals surface area contributed by atoms with E-state index in [0.717, 1.165) is 15.8 Å². The minimum absolute atomic E-state index is 0.0732. The van der Waals surface area contributed by atoms with Crippen LogP contribution in [0.3, 0.4) is 0 Å². The molecule has 0 aromatic heterocycles. The highest BCUT2D eigenvalue weighted by molar-refractivity contribution is 9.10. The predicted molar refractivity (Wildman–Crippen MR) is 74.1 cm³/mol. The second kappa shape index (κ2) is 4.62. The fraction of sp³-hybridized carbons (Fsp3) is 0.571. The summed E-state index contributed by atoms with van der Waals surface area (Å²) in [5.41, 5.74) is 7.88. The van der Waals surface area contributed by atoms with Crippen LogP contribution in [-0.4, -0.2) is 6.61 Å². The van der Waals surface area contributed by atoms with Crippen molar-refractivity contribution in [2.75, 3.05) is 6.61 Å². The van der Waals surface area contributed by atoms with Crippen LogP contribution in [0.2, 0.25) is 0 Å². The number of hydrogen-bond donors (Lipinski definition) is 1. The standard InChI is InChI=1S/C14H20BrNO/c1-4-17-12-6-5-9(15)7-10(12)13(16)11-8-14(11,2)3/h5-7,11,13H,4,8,16H2,1-3H3. The molecule has 1 aliphatic rings. The van der Waals surface area contributed by atoms with E-state index >= 15 is 0 Å². The number of nitrogens with two attached hydrogens (primary N) is 1. The van der Waals surface area contributed by atoms with E-state index in [1.54, 1.807) is 0 Å².